The van der Waals surface area contributed by atoms with Gasteiger partial charge in [0.1, 0.15) is 0 Å². The zero-order valence-corrected chi connectivity index (χ0v) is 8.70. The van der Waals surface area contributed by atoms with E-state index in [1.54, 1.807) is 0 Å². The first-order valence-electron chi connectivity index (χ1n) is 4.36. The van der Waals surface area contributed by atoms with E-state index in [9.17, 15) is 4.79 Å². The first-order chi connectivity index (χ1) is 6.02. The van der Waals surface area contributed by atoms with Crippen LogP contribution in [0.5, 0.6) is 0 Å². The average Bonchev–Trinajstić information content (AvgIpc) is 2.36. The number of thioether (sulfide) groups is 1. The maximum atomic E-state index is 11.3. The van der Waals surface area contributed by atoms with Gasteiger partial charge in [0, 0.05) is 11.0 Å². The summed E-state index contributed by atoms with van der Waals surface area (Å²) in [5.74, 6) is 0.943. The van der Waals surface area contributed by atoms with Crippen LogP contribution in [0.15, 0.2) is 12.7 Å². The fourth-order valence-corrected chi connectivity index (χ4v) is 3.76. The molecule has 2 aliphatic rings. The van der Waals surface area contributed by atoms with Crippen LogP contribution in [-0.2, 0) is 0 Å². The summed E-state index contributed by atoms with van der Waals surface area (Å²) in [7, 11) is 0. The number of rotatable bonds is 1. The van der Waals surface area contributed by atoms with Gasteiger partial charge in [0.05, 0.1) is 11.1 Å². The highest BCUT2D eigenvalue weighted by Gasteiger charge is 2.60. The van der Waals surface area contributed by atoms with E-state index in [2.05, 4.69) is 31.1 Å². The molecule has 2 amide bonds. The molecule has 0 radical (unpaired) electrons. The highest BCUT2D eigenvalue weighted by atomic mass is 32.2. The second-order valence-corrected chi connectivity index (χ2v) is 5.21. The van der Waals surface area contributed by atoms with Crippen LogP contribution in [0, 0.1) is 0 Å². The van der Waals surface area contributed by atoms with Crippen molar-refractivity contribution >= 4 is 17.8 Å². The number of nitrogens with one attached hydrogen (secondary N) is 2. The monoisotopic (exact) mass is 198 g/mol. The van der Waals surface area contributed by atoms with Gasteiger partial charge in [-0.15, -0.1) is 18.3 Å². The standard InChI is InChI=1S/C9H14N2OS/c1-4-6-9(3)8(2,5-13-6)10-7(12)11-9/h4,6H,1,5H2,2-3H3,(H2,10,11,12)/t6-,8-,9+/m0/s1. The molecule has 13 heavy (non-hydrogen) atoms. The molecule has 0 saturated carbocycles. The lowest BCUT2D eigenvalue weighted by atomic mass is 9.80. The minimum Gasteiger partial charge on any atom is -0.330 e. The normalized spacial score (nSPS) is 48.2. The Hall–Kier alpha value is -0.640. The molecule has 2 saturated heterocycles. The molecule has 0 aromatic rings. The van der Waals surface area contributed by atoms with Crippen LogP contribution in [0.4, 0.5) is 4.79 Å². The van der Waals surface area contributed by atoms with Crippen LogP contribution in [0.2, 0.25) is 0 Å². The molecule has 2 heterocycles. The molecular formula is C9H14N2OS. The summed E-state index contributed by atoms with van der Waals surface area (Å²) in [5.41, 5.74) is -0.315. The minimum absolute atomic E-state index is 0.0582. The van der Waals surface area contributed by atoms with Crippen molar-refractivity contribution in [2.75, 3.05) is 5.75 Å². The topological polar surface area (TPSA) is 41.1 Å². The van der Waals surface area contributed by atoms with Crippen molar-refractivity contribution in [1.29, 1.82) is 0 Å². The third-order valence-corrected chi connectivity index (χ3v) is 5.01. The summed E-state index contributed by atoms with van der Waals surface area (Å²) in [6, 6.07) is -0.0582. The van der Waals surface area contributed by atoms with E-state index in [1.807, 2.05) is 17.8 Å². The van der Waals surface area contributed by atoms with Crippen molar-refractivity contribution in [3.63, 3.8) is 0 Å². The van der Waals surface area contributed by atoms with E-state index < -0.39 is 0 Å². The lowest BCUT2D eigenvalue weighted by molar-refractivity contribution is 0.245. The van der Waals surface area contributed by atoms with Crippen LogP contribution in [-0.4, -0.2) is 28.1 Å². The number of carbonyl (C=O) groups excluding carboxylic acids is 1. The van der Waals surface area contributed by atoms with Gasteiger partial charge in [-0.25, -0.2) is 4.79 Å². The maximum absolute atomic E-state index is 11.3. The van der Waals surface area contributed by atoms with Crippen molar-refractivity contribution < 1.29 is 4.79 Å². The molecule has 2 rings (SSSR count). The van der Waals surface area contributed by atoms with Crippen LogP contribution in [0.3, 0.4) is 0 Å². The molecule has 3 nitrogen and oxygen atoms in total. The van der Waals surface area contributed by atoms with Crippen molar-refractivity contribution in [1.82, 2.24) is 10.6 Å². The van der Waals surface area contributed by atoms with E-state index >= 15 is 0 Å². The summed E-state index contributed by atoms with van der Waals surface area (Å²) < 4.78 is 0. The molecule has 2 fully saturated rings. The van der Waals surface area contributed by atoms with Crippen molar-refractivity contribution in [2.45, 2.75) is 30.2 Å². The SMILES string of the molecule is C=C[C@@H]1SC[C@]2(C)NC(=O)N[C@]12C. The molecule has 0 bridgehead atoms. The second-order valence-electron chi connectivity index (χ2n) is 4.08. The Morgan fingerprint density at radius 3 is 2.92 bits per heavy atom. The lowest BCUT2D eigenvalue weighted by Gasteiger charge is -2.34. The third-order valence-electron chi connectivity index (χ3n) is 3.24. The predicted molar refractivity (Wildman–Crippen MR) is 54.9 cm³/mol. The number of carbonyl (C=O) groups is 1. The second kappa shape index (κ2) is 2.44. The molecule has 4 heteroatoms. The van der Waals surface area contributed by atoms with Crippen LogP contribution >= 0.6 is 11.8 Å². The Kier molecular flexibility index (Phi) is 1.68. The Balaban J connectivity index is 2.39. The highest BCUT2D eigenvalue weighted by molar-refractivity contribution is 8.00. The first kappa shape index (κ1) is 8.94. The average molecular weight is 198 g/mol. The highest BCUT2D eigenvalue weighted by Crippen LogP contribution is 2.45. The third kappa shape index (κ3) is 0.950. The predicted octanol–water partition coefficient (Wildman–Crippen LogP) is 1.12. The van der Waals surface area contributed by atoms with Gasteiger partial charge in [0.25, 0.3) is 0 Å². The largest absolute Gasteiger partial charge is 0.330 e. The van der Waals surface area contributed by atoms with Crippen molar-refractivity contribution in [2.24, 2.45) is 0 Å². The number of hydrogen-bond donors (Lipinski definition) is 2. The minimum atomic E-state index is -0.184. The molecule has 2 N–H and O–H groups in total. The van der Waals surface area contributed by atoms with E-state index in [1.165, 1.54) is 0 Å². The number of fused-ring (bicyclic) bond motifs is 1. The molecule has 0 unspecified atom stereocenters. The lowest BCUT2D eigenvalue weighted by Crippen LogP contribution is -2.57. The fourth-order valence-electron chi connectivity index (χ4n) is 2.08. The molecule has 0 aromatic carbocycles. The fraction of sp³-hybridized carbons (Fsp3) is 0.667. The van der Waals surface area contributed by atoms with Gasteiger partial charge in [-0.2, -0.15) is 0 Å². The Morgan fingerprint density at radius 2 is 2.31 bits per heavy atom. The van der Waals surface area contributed by atoms with Gasteiger partial charge < -0.3 is 10.6 Å². The molecule has 0 aliphatic carbocycles. The number of hydrogen-bond acceptors (Lipinski definition) is 2. The summed E-state index contributed by atoms with van der Waals surface area (Å²) in [6.07, 6.45) is 1.92. The Labute approximate surface area is 82.3 Å². The van der Waals surface area contributed by atoms with Crippen LogP contribution in [0.25, 0.3) is 0 Å². The summed E-state index contributed by atoms with van der Waals surface area (Å²) in [5, 5.41) is 6.27. The van der Waals surface area contributed by atoms with Crippen molar-refractivity contribution in [3.8, 4) is 0 Å². The quantitative estimate of drug-likeness (QED) is 0.489. The smallest absolute Gasteiger partial charge is 0.315 e. The van der Waals surface area contributed by atoms with E-state index in [0.29, 0.717) is 5.25 Å². The summed E-state index contributed by atoms with van der Waals surface area (Å²) in [4.78, 5) is 11.3. The van der Waals surface area contributed by atoms with Gasteiger partial charge in [0.15, 0.2) is 0 Å². The molecule has 0 aromatic heterocycles. The first-order valence-corrected chi connectivity index (χ1v) is 5.41. The molecule has 2 aliphatic heterocycles. The van der Waals surface area contributed by atoms with Crippen LogP contribution < -0.4 is 10.6 Å². The van der Waals surface area contributed by atoms with E-state index in [4.69, 9.17) is 0 Å². The van der Waals surface area contributed by atoms with Gasteiger partial charge in [-0.05, 0) is 13.8 Å². The zero-order valence-electron chi connectivity index (χ0n) is 7.89. The maximum Gasteiger partial charge on any atom is 0.315 e. The summed E-state index contributed by atoms with van der Waals surface area (Å²) in [6.45, 7) is 7.97. The summed E-state index contributed by atoms with van der Waals surface area (Å²) >= 11 is 1.84. The van der Waals surface area contributed by atoms with Crippen molar-refractivity contribution in [3.05, 3.63) is 12.7 Å². The zero-order chi connectivity index (χ0) is 9.69. The van der Waals surface area contributed by atoms with Gasteiger partial charge >= 0.3 is 6.03 Å². The van der Waals surface area contributed by atoms with Gasteiger partial charge in [-0.1, -0.05) is 6.08 Å². The van der Waals surface area contributed by atoms with Crippen LogP contribution in [0.1, 0.15) is 13.8 Å². The Morgan fingerprint density at radius 1 is 1.62 bits per heavy atom. The number of amides is 2. The molecule has 3 atom stereocenters. The van der Waals surface area contributed by atoms with Gasteiger partial charge in [-0.3, -0.25) is 0 Å². The van der Waals surface area contributed by atoms with E-state index in [0.717, 1.165) is 5.75 Å². The van der Waals surface area contributed by atoms with E-state index in [-0.39, 0.29) is 17.1 Å². The molecule has 72 valence electrons. The van der Waals surface area contributed by atoms with Gasteiger partial charge in [0.2, 0.25) is 0 Å². The molecular weight excluding hydrogens is 184 g/mol. The number of urea groups is 1. The molecule has 0 spiro atoms. The Bertz CT molecular complexity index is 281.